The Morgan fingerprint density at radius 2 is 2.23 bits per heavy atom. The summed E-state index contributed by atoms with van der Waals surface area (Å²) in [6, 6.07) is 0. The molecule has 0 aromatic rings. The molecule has 0 saturated carbocycles. The summed E-state index contributed by atoms with van der Waals surface area (Å²) in [6.45, 7) is 7.67. The van der Waals surface area contributed by atoms with Gasteiger partial charge in [-0.25, -0.2) is 0 Å². The van der Waals surface area contributed by atoms with Gasteiger partial charge in [0.2, 0.25) is 5.24 Å². The van der Waals surface area contributed by atoms with Crippen molar-refractivity contribution in [1.82, 2.24) is 5.32 Å². The first-order valence-corrected chi connectivity index (χ1v) is 4.34. The Labute approximate surface area is 84.0 Å². The smallest absolute Gasteiger partial charge is 0.230 e. The van der Waals surface area contributed by atoms with Gasteiger partial charge in [-0.2, -0.15) is 0 Å². The van der Waals surface area contributed by atoms with Gasteiger partial charge in [0.1, 0.15) is 0 Å². The highest BCUT2D eigenvalue weighted by atomic mass is 35.5. The summed E-state index contributed by atoms with van der Waals surface area (Å²) in [4.78, 5) is 11.0. The Hall–Kier alpha value is -0.860. The number of rotatable bonds is 6. The first kappa shape index (κ1) is 12.1. The van der Waals surface area contributed by atoms with Crippen molar-refractivity contribution in [2.24, 2.45) is 5.92 Å². The van der Waals surface area contributed by atoms with Crippen LogP contribution in [0.15, 0.2) is 37.0 Å². The minimum atomic E-state index is -0.387. The summed E-state index contributed by atoms with van der Waals surface area (Å²) in [5.41, 5.74) is 0.782. The third-order valence-electron chi connectivity index (χ3n) is 1.63. The van der Waals surface area contributed by atoms with Gasteiger partial charge in [0.25, 0.3) is 0 Å². The van der Waals surface area contributed by atoms with Crippen molar-refractivity contribution in [1.29, 1.82) is 0 Å². The second-order valence-electron chi connectivity index (χ2n) is 2.52. The van der Waals surface area contributed by atoms with Crippen molar-refractivity contribution < 1.29 is 4.79 Å². The number of halogens is 1. The van der Waals surface area contributed by atoms with E-state index >= 15 is 0 Å². The van der Waals surface area contributed by atoms with Gasteiger partial charge in [-0.15, -0.1) is 0 Å². The first-order valence-electron chi connectivity index (χ1n) is 3.96. The lowest BCUT2D eigenvalue weighted by Gasteiger charge is -2.12. The molecule has 0 rings (SSSR count). The van der Waals surface area contributed by atoms with Crippen LogP contribution in [0.25, 0.3) is 0 Å². The molecule has 0 spiro atoms. The van der Waals surface area contributed by atoms with Crippen molar-refractivity contribution in [2.45, 2.75) is 0 Å². The molecule has 0 aliphatic carbocycles. The summed E-state index contributed by atoms with van der Waals surface area (Å²) in [7, 11) is 1.77. The van der Waals surface area contributed by atoms with E-state index in [9.17, 15) is 4.79 Å². The molecule has 0 radical (unpaired) electrons. The minimum Gasteiger partial charge on any atom is -0.319 e. The molecule has 1 N–H and O–H groups in total. The van der Waals surface area contributed by atoms with Gasteiger partial charge in [-0.1, -0.05) is 31.4 Å². The summed E-state index contributed by atoms with van der Waals surface area (Å²) in [6.07, 6.45) is 4.96. The fraction of sp³-hybridized carbons (Fsp3) is 0.300. The first-order chi connectivity index (χ1) is 6.17. The zero-order valence-corrected chi connectivity index (χ0v) is 8.47. The topological polar surface area (TPSA) is 29.1 Å². The maximum absolute atomic E-state index is 11.0. The fourth-order valence-electron chi connectivity index (χ4n) is 0.996. The quantitative estimate of drug-likeness (QED) is 0.523. The minimum absolute atomic E-state index is 0.345. The van der Waals surface area contributed by atoms with Crippen LogP contribution in [0.3, 0.4) is 0 Å². The van der Waals surface area contributed by atoms with Crippen LogP contribution >= 0.6 is 11.6 Å². The molecule has 72 valence electrons. The van der Waals surface area contributed by atoms with E-state index < -0.39 is 0 Å². The number of hydrogen-bond donors (Lipinski definition) is 1. The molecule has 0 amide bonds. The number of nitrogens with one attached hydrogen (secondary N) is 1. The predicted octanol–water partition coefficient (Wildman–Crippen LogP) is 1.89. The Morgan fingerprint density at radius 1 is 1.62 bits per heavy atom. The van der Waals surface area contributed by atoms with Gasteiger partial charge >= 0.3 is 0 Å². The van der Waals surface area contributed by atoms with Crippen LogP contribution in [0.1, 0.15) is 0 Å². The Morgan fingerprint density at radius 3 is 2.54 bits per heavy atom. The van der Waals surface area contributed by atoms with E-state index in [2.05, 4.69) is 18.5 Å². The highest BCUT2D eigenvalue weighted by Crippen LogP contribution is 2.14. The summed E-state index contributed by atoms with van der Waals surface area (Å²) in [5, 5.41) is 2.51. The maximum Gasteiger partial charge on any atom is 0.230 e. The molecule has 0 bridgehead atoms. The highest BCUT2D eigenvalue weighted by molar-refractivity contribution is 6.64. The molecule has 0 fully saturated rings. The van der Waals surface area contributed by atoms with Crippen LogP contribution in [-0.4, -0.2) is 18.8 Å². The van der Waals surface area contributed by atoms with Crippen LogP contribution in [0, 0.1) is 5.92 Å². The van der Waals surface area contributed by atoms with E-state index in [0.29, 0.717) is 6.54 Å². The lowest BCUT2D eigenvalue weighted by Crippen LogP contribution is -2.24. The van der Waals surface area contributed by atoms with Crippen molar-refractivity contribution in [3.63, 3.8) is 0 Å². The van der Waals surface area contributed by atoms with Crippen LogP contribution in [0.4, 0.5) is 0 Å². The Balaban J connectivity index is 4.67. The van der Waals surface area contributed by atoms with E-state index in [1.807, 2.05) is 0 Å². The lowest BCUT2D eigenvalue weighted by molar-refractivity contribution is -0.113. The SMILES string of the molecule is C=C/C=C(\C=C)C(CNC)C(=O)Cl. The van der Waals surface area contributed by atoms with Gasteiger partial charge in [-0.05, 0) is 24.2 Å². The Kier molecular flexibility index (Phi) is 6.20. The number of hydrogen-bond acceptors (Lipinski definition) is 2. The predicted molar refractivity (Wildman–Crippen MR) is 56.8 cm³/mol. The fourth-order valence-corrected chi connectivity index (χ4v) is 1.20. The standard InChI is InChI=1S/C10H14ClNO/c1-4-6-8(5-2)9(7-12-3)10(11)13/h4-6,9,12H,1-2,7H2,3H3/b8-6+. The van der Waals surface area contributed by atoms with Crippen molar-refractivity contribution in [3.05, 3.63) is 37.0 Å². The van der Waals surface area contributed by atoms with E-state index in [1.165, 1.54) is 0 Å². The number of carbonyl (C=O) groups is 1. The average molecular weight is 200 g/mol. The molecule has 0 aromatic heterocycles. The molecule has 0 aliphatic heterocycles. The highest BCUT2D eigenvalue weighted by Gasteiger charge is 2.17. The molecule has 1 unspecified atom stereocenters. The Bertz CT molecular complexity index is 233. The molecular weight excluding hydrogens is 186 g/mol. The molecular formula is C10H14ClNO. The van der Waals surface area contributed by atoms with Crippen molar-refractivity contribution >= 4 is 16.8 Å². The van der Waals surface area contributed by atoms with Gasteiger partial charge in [0, 0.05) is 6.54 Å². The van der Waals surface area contributed by atoms with E-state index in [-0.39, 0.29) is 11.2 Å². The molecule has 0 aromatic carbocycles. The number of allylic oxidation sites excluding steroid dienone is 3. The second-order valence-corrected chi connectivity index (χ2v) is 2.89. The van der Waals surface area contributed by atoms with Crippen molar-refractivity contribution in [3.8, 4) is 0 Å². The van der Waals surface area contributed by atoms with Gasteiger partial charge in [0.15, 0.2) is 0 Å². The lowest BCUT2D eigenvalue weighted by atomic mass is 10.00. The third-order valence-corrected chi connectivity index (χ3v) is 1.89. The monoisotopic (exact) mass is 199 g/mol. The molecule has 13 heavy (non-hydrogen) atoms. The van der Waals surface area contributed by atoms with E-state index in [0.717, 1.165) is 5.57 Å². The third kappa shape index (κ3) is 4.06. The number of carbonyl (C=O) groups excluding carboxylic acids is 1. The average Bonchev–Trinajstić information content (AvgIpc) is 2.10. The summed E-state index contributed by atoms with van der Waals surface area (Å²) < 4.78 is 0. The van der Waals surface area contributed by atoms with Gasteiger partial charge in [-0.3, -0.25) is 4.79 Å². The van der Waals surface area contributed by atoms with E-state index in [1.54, 1.807) is 25.3 Å². The summed E-state index contributed by atoms with van der Waals surface area (Å²) >= 11 is 5.43. The van der Waals surface area contributed by atoms with Crippen molar-refractivity contribution in [2.75, 3.05) is 13.6 Å². The zero-order chi connectivity index (χ0) is 10.3. The zero-order valence-electron chi connectivity index (χ0n) is 7.72. The normalized spacial score (nSPS) is 13.5. The second kappa shape index (κ2) is 6.63. The molecule has 0 aliphatic rings. The van der Waals surface area contributed by atoms with Gasteiger partial charge < -0.3 is 5.32 Å². The van der Waals surface area contributed by atoms with Crippen LogP contribution < -0.4 is 5.32 Å². The van der Waals surface area contributed by atoms with E-state index in [4.69, 9.17) is 11.6 Å². The van der Waals surface area contributed by atoms with Crippen LogP contribution in [0.2, 0.25) is 0 Å². The summed E-state index contributed by atoms with van der Waals surface area (Å²) in [5.74, 6) is -0.345. The molecule has 0 heterocycles. The molecule has 2 nitrogen and oxygen atoms in total. The van der Waals surface area contributed by atoms with Gasteiger partial charge in [0.05, 0.1) is 5.92 Å². The van der Waals surface area contributed by atoms with Crippen LogP contribution in [0.5, 0.6) is 0 Å². The largest absolute Gasteiger partial charge is 0.319 e. The maximum atomic E-state index is 11.0. The van der Waals surface area contributed by atoms with Crippen LogP contribution in [-0.2, 0) is 4.79 Å². The molecule has 0 saturated heterocycles. The molecule has 3 heteroatoms. The molecule has 1 atom stereocenters.